The molecule has 1 N–H and O–H groups in total. The van der Waals surface area contributed by atoms with Gasteiger partial charge in [0.1, 0.15) is 0 Å². The first kappa shape index (κ1) is 22.8. The lowest BCUT2D eigenvalue weighted by Gasteiger charge is -2.22. The molecule has 26 heavy (non-hydrogen) atoms. The normalized spacial score (nSPS) is 11.1. The van der Waals surface area contributed by atoms with Crippen molar-refractivity contribution >= 4 is 51.6 Å². The van der Waals surface area contributed by atoms with Crippen LogP contribution in [-0.2, 0) is 20.0 Å². The second-order valence-corrected chi connectivity index (χ2v) is 7.32. The van der Waals surface area contributed by atoms with E-state index in [2.05, 4.69) is 105 Å². The number of aliphatic imine (C=N–C) groups is 1. The average molecular weight is 534 g/mol. The highest BCUT2D eigenvalue weighted by atomic mass is 127. The molecule has 0 radical (unpaired) electrons. The van der Waals surface area contributed by atoms with Crippen molar-refractivity contribution in [2.45, 2.75) is 13.0 Å². The summed E-state index contributed by atoms with van der Waals surface area (Å²) in [6, 6.07) is 10.8. The zero-order chi connectivity index (χ0) is 18.4. The molecule has 2 rings (SSSR count). The van der Waals surface area contributed by atoms with Crippen molar-refractivity contribution in [3.05, 3.63) is 52.3 Å². The zero-order valence-corrected chi connectivity index (χ0v) is 20.1. The van der Waals surface area contributed by atoms with Crippen LogP contribution in [0.25, 0.3) is 0 Å². The largest absolute Gasteiger partial charge is 0.378 e. The first-order valence-electron chi connectivity index (χ1n) is 8.39. The van der Waals surface area contributed by atoms with Crippen molar-refractivity contribution in [3.8, 4) is 0 Å². The van der Waals surface area contributed by atoms with Gasteiger partial charge in [-0.05, 0) is 46.1 Å². The summed E-state index contributed by atoms with van der Waals surface area (Å²) < 4.78 is 3.22. The van der Waals surface area contributed by atoms with E-state index >= 15 is 0 Å². The van der Waals surface area contributed by atoms with E-state index in [1.165, 1.54) is 16.9 Å². The molecule has 0 bridgehead atoms. The van der Waals surface area contributed by atoms with Crippen LogP contribution in [-0.4, -0.2) is 50.2 Å². The molecule has 2 aromatic rings. The molecular formula is C19H29BrIN5. The van der Waals surface area contributed by atoms with Crippen LogP contribution in [0.1, 0.15) is 11.3 Å². The number of nitrogens with one attached hydrogen (secondary N) is 1. The minimum Gasteiger partial charge on any atom is -0.378 e. The highest BCUT2D eigenvalue weighted by molar-refractivity contribution is 14.0. The number of nitrogens with zero attached hydrogens (tertiary/aromatic N) is 4. The molecule has 144 valence electrons. The van der Waals surface area contributed by atoms with Crippen molar-refractivity contribution in [2.24, 2.45) is 12.0 Å². The lowest BCUT2D eigenvalue weighted by atomic mass is 10.1. The van der Waals surface area contributed by atoms with Gasteiger partial charge in [0.05, 0.1) is 6.54 Å². The van der Waals surface area contributed by atoms with Crippen LogP contribution in [0.3, 0.4) is 0 Å². The smallest absolute Gasteiger partial charge is 0.193 e. The van der Waals surface area contributed by atoms with Gasteiger partial charge in [0.15, 0.2) is 5.96 Å². The summed E-state index contributed by atoms with van der Waals surface area (Å²) in [6.45, 7) is 1.66. The van der Waals surface area contributed by atoms with Crippen molar-refractivity contribution in [1.82, 2.24) is 14.8 Å². The number of anilines is 1. The number of aryl methyl sites for hydroxylation is 1. The van der Waals surface area contributed by atoms with Gasteiger partial charge in [-0.15, -0.1) is 24.0 Å². The molecule has 0 atom stereocenters. The predicted octanol–water partition coefficient (Wildman–Crippen LogP) is 3.72. The average Bonchev–Trinajstić information content (AvgIpc) is 2.89. The fourth-order valence-electron chi connectivity index (χ4n) is 2.71. The quantitative estimate of drug-likeness (QED) is 0.349. The molecule has 1 aromatic heterocycles. The summed E-state index contributed by atoms with van der Waals surface area (Å²) >= 11 is 3.52. The van der Waals surface area contributed by atoms with E-state index in [-0.39, 0.29) is 24.0 Å². The maximum absolute atomic E-state index is 4.39. The lowest BCUT2D eigenvalue weighted by molar-refractivity contribution is 0.462. The third-order valence-corrected chi connectivity index (χ3v) is 4.63. The van der Waals surface area contributed by atoms with Crippen LogP contribution in [0.4, 0.5) is 5.69 Å². The number of benzene rings is 1. The molecule has 0 fully saturated rings. The Kier molecular flexibility index (Phi) is 9.49. The van der Waals surface area contributed by atoms with E-state index in [0.29, 0.717) is 0 Å². The predicted molar refractivity (Wildman–Crippen MR) is 126 cm³/mol. The van der Waals surface area contributed by atoms with Crippen molar-refractivity contribution in [1.29, 1.82) is 0 Å². The van der Waals surface area contributed by atoms with Crippen LogP contribution >= 0.6 is 39.9 Å². The maximum Gasteiger partial charge on any atom is 0.193 e. The number of halogens is 2. The molecular weight excluding hydrogens is 505 g/mol. The molecule has 0 aliphatic carbocycles. The van der Waals surface area contributed by atoms with Gasteiger partial charge in [0.2, 0.25) is 0 Å². The minimum absolute atomic E-state index is 0. The van der Waals surface area contributed by atoms with Crippen molar-refractivity contribution < 1.29 is 0 Å². The van der Waals surface area contributed by atoms with E-state index < -0.39 is 0 Å². The van der Waals surface area contributed by atoms with Gasteiger partial charge >= 0.3 is 0 Å². The lowest BCUT2D eigenvalue weighted by Crippen LogP contribution is -2.39. The van der Waals surface area contributed by atoms with Gasteiger partial charge in [-0.25, -0.2) is 0 Å². The minimum atomic E-state index is 0. The second kappa shape index (κ2) is 10.8. The fourth-order valence-corrected chi connectivity index (χ4v) is 3.28. The summed E-state index contributed by atoms with van der Waals surface area (Å²) in [6.07, 6.45) is 3.03. The molecule has 0 aliphatic heterocycles. The van der Waals surface area contributed by atoms with Gasteiger partial charge in [-0.1, -0.05) is 12.1 Å². The molecule has 0 amide bonds. The van der Waals surface area contributed by atoms with Crippen LogP contribution in [0.15, 0.2) is 46.0 Å². The first-order valence-corrected chi connectivity index (χ1v) is 9.18. The number of hydrogen-bond acceptors (Lipinski definition) is 2. The Labute approximate surface area is 182 Å². The van der Waals surface area contributed by atoms with Gasteiger partial charge in [0, 0.05) is 63.8 Å². The molecule has 5 nitrogen and oxygen atoms in total. The van der Waals surface area contributed by atoms with E-state index in [1.54, 1.807) is 0 Å². The van der Waals surface area contributed by atoms with E-state index in [4.69, 9.17) is 0 Å². The molecule has 0 unspecified atom stereocenters. The standard InChI is InChI=1S/C19H28BrN5.HI/c1-21-19(25(5)14-18-12-16(20)13-24(18)4)22-11-10-15-6-8-17(9-7-15)23(2)3;/h6-9,12-13H,10-11,14H2,1-5H3,(H,21,22);1H. The summed E-state index contributed by atoms with van der Waals surface area (Å²) in [7, 11) is 10.1. The Morgan fingerprint density at radius 1 is 1.19 bits per heavy atom. The van der Waals surface area contributed by atoms with Gasteiger partial charge < -0.3 is 19.7 Å². The van der Waals surface area contributed by atoms with Crippen LogP contribution in [0.5, 0.6) is 0 Å². The fraction of sp³-hybridized carbons (Fsp3) is 0.421. The topological polar surface area (TPSA) is 35.8 Å². The monoisotopic (exact) mass is 533 g/mol. The number of hydrogen-bond donors (Lipinski definition) is 1. The van der Waals surface area contributed by atoms with Crippen molar-refractivity contribution in [2.75, 3.05) is 39.6 Å². The molecule has 1 aromatic carbocycles. The third-order valence-electron chi connectivity index (χ3n) is 4.20. The first-order chi connectivity index (χ1) is 11.9. The van der Waals surface area contributed by atoms with Crippen LogP contribution in [0, 0.1) is 0 Å². The Hall–Kier alpha value is -1.22. The summed E-state index contributed by atoms with van der Waals surface area (Å²) in [5.41, 5.74) is 3.78. The van der Waals surface area contributed by atoms with Gasteiger partial charge in [0.25, 0.3) is 0 Å². The van der Waals surface area contributed by atoms with Gasteiger partial charge in [-0.3, -0.25) is 4.99 Å². The zero-order valence-electron chi connectivity index (χ0n) is 16.2. The van der Waals surface area contributed by atoms with Crippen LogP contribution < -0.4 is 10.2 Å². The van der Waals surface area contributed by atoms with Crippen LogP contribution in [0.2, 0.25) is 0 Å². The van der Waals surface area contributed by atoms with Gasteiger partial charge in [-0.2, -0.15) is 0 Å². The Bertz CT molecular complexity index is 709. The molecule has 7 heteroatoms. The van der Waals surface area contributed by atoms with Crippen molar-refractivity contribution in [3.63, 3.8) is 0 Å². The molecule has 0 saturated heterocycles. The summed E-state index contributed by atoms with van der Waals surface area (Å²) in [5.74, 6) is 0.905. The number of rotatable bonds is 6. The Morgan fingerprint density at radius 3 is 2.35 bits per heavy atom. The number of guanidine groups is 1. The molecule has 0 aliphatic rings. The Morgan fingerprint density at radius 2 is 1.85 bits per heavy atom. The molecule has 0 saturated carbocycles. The second-order valence-electron chi connectivity index (χ2n) is 6.40. The van der Waals surface area contributed by atoms with E-state index in [9.17, 15) is 0 Å². The maximum atomic E-state index is 4.39. The Balaban J connectivity index is 0.00000338. The third kappa shape index (κ3) is 6.50. The highest BCUT2D eigenvalue weighted by Gasteiger charge is 2.09. The molecule has 0 spiro atoms. The highest BCUT2D eigenvalue weighted by Crippen LogP contribution is 2.15. The van der Waals surface area contributed by atoms with E-state index in [0.717, 1.165) is 29.9 Å². The summed E-state index contributed by atoms with van der Waals surface area (Å²) in [5, 5.41) is 3.45. The summed E-state index contributed by atoms with van der Waals surface area (Å²) in [4.78, 5) is 8.64. The number of aromatic nitrogens is 1. The van der Waals surface area contributed by atoms with E-state index in [1.807, 2.05) is 7.05 Å². The SMILES string of the molecule is CN=C(NCCc1ccc(N(C)C)cc1)N(C)Cc1cc(Br)cn1C.I. The molecule has 1 heterocycles.